The van der Waals surface area contributed by atoms with Crippen molar-refractivity contribution in [2.75, 3.05) is 19.0 Å². The lowest BCUT2D eigenvalue weighted by molar-refractivity contribution is -0.0975. The van der Waals surface area contributed by atoms with Crippen molar-refractivity contribution in [3.05, 3.63) is 10.6 Å². The molecule has 0 spiro atoms. The fourth-order valence-corrected chi connectivity index (χ4v) is 3.44. The van der Waals surface area contributed by atoms with Crippen LogP contribution in [0.2, 0.25) is 0 Å². The van der Waals surface area contributed by atoms with Gasteiger partial charge in [0.2, 0.25) is 0 Å². The fourth-order valence-electron chi connectivity index (χ4n) is 2.50. The molecule has 1 aromatic heterocycles. The van der Waals surface area contributed by atoms with Crippen LogP contribution in [0, 0.1) is 12.3 Å². The third kappa shape index (κ3) is 2.67. The Morgan fingerprint density at radius 2 is 2.25 bits per heavy atom. The van der Waals surface area contributed by atoms with E-state index in [0.717, 1.165) is 18.2 Å². The highest BCUT2D eigenvalue weighted by Gasteiger charge is 2.49. The largest absolute Gasteiger partial charge is 0.465 e. The van der Waals surface area contributed by atoms with Crippen molar-refractivity contribution in [2.45, 2.75) is 46.3 Å². The third-order valence-corrected chi connectivity index (χ3v) is 5.08. The summed E-state index contributed by atoms with van der Waals surface area (Å²) in [7, 11) is 1.39. The maximum atomic E-state index is 11.6. The van der Waals surface area contributed by atoms with Crippen LogP contribution in [-0.4, -0.2) is 36.8 Å². The van der Waals surface area contributed by atoms with E-state index in [2.05, 4.69) is 24.1 Å². The molecule has 6 heteroatoms. The van der Waals surface area contributed by atoms with Crippen molar-refractivity contribution >= 4 is 22.4 Å². The number of nitrogens with one attached hydrogen (secondary N) is 1. The van der Waals surface area contributed by atoms with Gasteiger partial charge in [0.15, 0.2) is 5.13 Å². The Kier molecular flexibility index (Phi) is 4.34. The first-order valence-corrected chi connectivity index (χ1v) is 7.65. The molecule has 1 heterocycles. The predicted molar refractivity (Wildman–Crippen MR) is 79.4 cm³/mol. The number of thiazole rings is 1. The molecule has 1 N–H and O–H groups in total. The van der Waals surface area contributed by atoms with E-state index in [4.69, 9.17) is 9.47 Å². The molecule has 20 heavy (non-hydrogen) atoms. The quantitative estimate of drug-likeness (QED) is 0.847. The lowest BCUT2D eigenvalue weighted by Crippen LogP contribution is -2.58. The summed E-state index contributed by atoms with van der Waals surface area (Å²) in [5.41, 5.74) is 0.781. The summed E-state index contributed by atoms with van der Waals surface area (Å²) in [5.74, 6) is -0.326. The number of aryl methyl sites for hydroxylation is 1. The van der Waals surface area contributed by atoms with Gasteiger partial charge in [-0.3, -0.25) is 0 Å². The molecule has 0 radical (unpaired) electrons. The summed E-state index contributed by atoms with van der Waals surface area (Å²) < 4.78 is 10.5. The summed E-state index contributed by atoms with van der Waals surface area (Å²) in [6.45, 7) is 8.96. The Hall–Kier alpha value is -1.14. The Balaban J connectivity index is 2.04. The van der Waals surface area contributed by atoms with Gasteiger partial charge >= 0.3 is 5.97 Å². The van der Waals surface area contributed by atoms with Gasteiger partial charge in [0.1, 0.15) is 4.88 Å². The van der Waals surface area contributed by atoms with E-state index in [1.165, 1.54) is 18.4 Å². The Labute approximate surface area is 123 Å². The number of nitrogens with zero attached hydrogens (tertiary/aromatic N) is 1. The molecule has 112 valence electrons. The number of carbonyl (C=O) groups excluding carboxylic acids is 1. The Morgan fingerprint density at radius 3 is 2.80 bits per heavy atom. The van der Waals surface area contributed by atoms with Gasteiger partial charge in [-0.15, -0.1) is 0 Å². The molecule has 5 nitrogen and oxygen atoms in total. The van der Waals surface area contributed by atoms with Gasteiger partial charge in [-0.1, -0.05) is 25.2 Å². The molecule has 0 amide bonds. The molecule has 0 saturated heterocycles. The summed E-state index contributed by atoms with van der Waals surface area (Å²) in [4.78, 5) is 16.5. The molecule has 0 aromatic carbocycles. The number of carbonyl (C=O) groups is 1. The van der Waals surface area contributed by atoms with Crippen molar-refractivity contribution in [3.8, 4) is 0 Å². The van der Waals surface area contributed by atoms with Crippen LogP contribution in [0.1, 0.15) is 42.6 Å². The second kappa shape index (κ2) is 5.69. The first kappa shape index (κ1) is 15.3. The molecule has 0 bridgehead atoms. The molecule has 1 aliphatic carbocycles. The van der Waals surface area contributed by atoms with E-state index in [1.54, 1.807) is 0 Å². The van der Waals surface area contributed by atoms with Gasteiger partial charge in [0.25, 0.3) is 0 Å². The number of hydrogen-bond acceptors (Lipinski definition) is 6. The van der Waals surface area contributed by atoms with E-state index in [9.17, 15) is 4.79 Å². The van der Waals surface area contributed by atoms with Crippen LogP contribution >= 0.6 is 11.3 Å². The summed E-state index contributed by atoms with van der Waals surface area (Å²) in [6, 6.07) is 0.315. The van der Waals surface area contributed by atoms with Crippen LogP contribution in [0.25, 0.3) is 0 Å². The number of methoxy groups -OCH3 is 1. The number of hydrogen-bond donors (Lipinski definition) is 1. The van der Waals surface area contributed by atoms with E-state index in [0.29, 0.717) is 16.6 Å². The van der Waals surface area contributed by atoms with E-state index >= 15 is 0 Å². The molecular weight excluding hydrogens is 276 g/mol. The zero-order chi connectivity index (χ0) is 14.9. The average molecular weight is 298 g/mol. The minimum atomic E-state index is -0.326. The zero-order valence-corrected chi connectivity index (χ0v) is 13.5. The second-order valence-electron chi connectivity index (χ2n) is 5.62. The highest BCUT2D eigenvalue weighted by Crippen LogP contribution is 2.44. The topological polar surface area (TPSA) is 60.5 Å². The highest BCUT2D eigenvalue weighted by molar-refractivity contribution is 7.17. The molecule has 2 atom stereocenters. The van der Waals surface area contributed by atoms with Gasteiger partial charge < -0.3 is 14.8 Å². The predicted octanol–water partition coefficient (Wildman–Crippen LogP) is 2.85. The van der Waals surface area contributed by atoms with E-state index in [-0.39, 0.29) is 17.5 Å². The number of ether oxygens (including phenoxy) is 2. The van der Waals surface area contributed by atoms with Gasteiger partial charge in [0.05, 0.1) is 18.9 Å². The van der Waals surface area contributed by atoms with Crippen LogP contribution in [0.5, 0.6) is 0 Å². The molecule has 1 aliphatic rings. The van der Waals surface area contributed by atoms with Crippen LogP contribution in [0.4, 0.5) is 5.13 Å². The van der Waals surface area contributed by atoms with E-state index in [1.807, 2.05) is 13.8 Å². The first-order chi connectivity index (χ1) is 9.40. The standard InChI is InChI=1S/C14H22N2O3S/c1-6-19-10-7-9(14(10,3)4)16-13-15-8(2)11(20-13)12(17)18-5/h9-10H,6-7H2,1-5H3,(H,15,16). The maximum absolute atomic E-state index is 11.6. The van der Waals surface area contributed by atoms with Crippen LogP contribution < -0.4 is 5.32 Å². The van der Waals surface area contributed by atoms with Gasteiger partial charge in [-0.25, -0.2) is 9.78 Å². The number of aromatic nitrogens is 1. The summed E-state index contributed by atoms with van der Waals surface area (Å²) in [5, 5.41) is 4.19. The molecule has 1 saturated carbocycles. The Morgan fingerprint density at radius 1 is 1.55 bits per heavy atom. The molecule has 1 fully saturated rings. The smallest absolute Gasteiger partial charge is 0.350 e. The molecule has 2 unspecified atom stereocenters. The molecular formula is C14H22N2O3S. The molecule has 0 aliphatic heterocycles. The lowest BCUT2D eigenvalue weighted by Gasteiger charge is -2.51. The number of anilines is 1. The molecule has 1 aromatic rings. The van der Waals surface area contributed by atoms with Gasteiger partial charge in [0, 0.05) is 18.1 Å². The van der Waals surface area contributed by atoms with Crippen LogP contribution in [0.15, 0.2) is 0 Å². The van der Waals surface area contributed by atoms with Crippen LogP contribution in [-0.2, 0) is 9.47 Å². The third-order valence-electron chi connectivity index (χ3n) is 4.01. The minimum absolute atomic E-state index is 0.0704. The number of esters is 1. The zero-order valence-electron chi connectivity index (χ0n) is 12.6. The monoisotopic (exact) mass is 298 g/mol. The van der Waals surface area contributed by atoms with Gasteiger partial charge in [-0.05, 0) is 20.3 Å². The first-order valence-electron chi connectivity index (χ1n) is 6.84. The summed E-state index contributed by atoms with van der Waals surface area (Å²) in [6.07, 6.45) is 1.25. The minimum Gasteiger partial charge on any atom is -0.465 e. The van der Waals surface area contributed by atoms with Crippen molar-refractivity contribution < 1.29 is 14.3 Å². The number of rotatable bonds is 5. The van der Waals surface area contributed by atoms with Crippen molar-refractivity contribution in [1.82, 2.24) is 4.98 Å². The van der Waals surface area contributed by atoms with Crippen LogP contribution in [0.3, 0.4) is 0 Å². The Bertz CT molecular complexity index is 499. The SMILES string of the molecule is CCOC1CC(Nc2nc(C)c(C(=O)OC)s2)C1(C)C. The van der Waals surface area contributed by atoms with Crippen molar-refractivity contribution in [1.29, 1.82) is 0 Å². The second-order valence-corrected chi connectivity index (χ2v) is 6.62. The lowest BCUT2D eigenvalue weighted by atomic mass is 9.64. The average Bonchev–Trinajstić information content (AvgIpc) is 2.78. The maximum Gasteiger partial charge on any atom is 0.350 e. The summed E-state index contributed by atoms with van der Waals surface area (Å²) >= 11 is 1.35. The fraction of sp³-hybridized carbons (Fsp3) is 0.714. The van der Waals surface area contributed by atoms with Gasteiger partial charge in [-0.2, -0.15) is 0 Å². The van der Waals surface area contributed by atoms with Crippen molar-refractivity contribution in [2.24, 2.45) is 5.41 Å². The normalized spacial score (nSPS) is 24.1. The van der Waals surface area contributed by atoms with E-state index < -0.39 is 0 Å². The van der Waals surface area contributed by atoms with Crippen molar-refractivity contribution in [3.63, 3.8) is 0 Å². The molecule has 2 rings (SSSR count). The highest BCUT2D eigenvalue weighted by atomic mass is 32.1.